The molecule has 2 bridgehead atoms. The Bertz CT molecular complexity index is 1540. The number of anilines is 1. The lowest BCUT2D eigenvalue weighted by Gasteiger charge is -2.39. The summed E-state index contributed by atoms with van der Waals surface area (Å²) in [6, 6.07) is 8.71. The van der Waals surface area contributed by atoms with Gasteiger partial charge in [0.1, 0.15) is 34.8 Å². The molecule has 2 aromatic heterocycles. The molecule has 3 aromatic rings. The van der Waals surface area contributed by atoms with Crippen molar-refractivity contribution < 1.29 is 52.4 Å². The zero-order valence-electron chi connectivity index (χ0n) is 20.8. The van der Waals surface area contributed by atoms with E-state index in [0.717, 1.165) is 0 Å². The molecule has 218 valence electrons. The summed E-state index contributed by atoms with van der Waals surface area (Å²) in [7, 11) is -9.70. The summed E-state index contributed by atoms with van der Waals surface area (Å²) in [5.41, 5.74) is -0.971. The highest BCUT2D eigenvalue weighted by Gasteiger charge is 2.67. The summed E-state index contributed by atoms with van der Waals surface area (Å²) in [6.45, 7) is 0.835. The molecule has 0 radical (unpaired) electrons. The average molecular weight is 623 g/mol. The second kappa shape index (κ2) is 10.4. The Balaban J connectivity index is 1.48. The Morgan fingerprint density at radius 1 is 1.23 bits per heavy atom. The number of rotatable bonds is 9. The van der Waals surface area contributed by atoms with Crippen molar-refractivity contribution in [1.29, 1.82) is 0 Å². The molecule has 0 spiro atoms. The van der Waals surface area contributed by atoms with Crippen LogP contribution in [0.15, 0.2) is 36.4 Å². The van der Waals surface area contributed by atoms with Crippen LogP contribution in [0.1, 0.15) is 30.6 Å². The van der Waals surface area contributed by atoms with E-state index in [1.54, 1.807) is 31.2 Å². The lowest BCUT2D eigenvalue weighted by molar-refractivity contribution is -0.324. The van der Waals surface area contributed by atoms with E-state index in [1.807, 2.05) is 0 Å². The second-order valence-electron chi connectivity index (χ2n) is 9.67. The normalized spacial score (nSPS) is 28.9. The Morgan fingerprint density at radius 3 is 2.65 bits per heavy atom. The van der Waals surface area contributed by atoms with Crippen molar-refractivity contribution in [2.24, 2.45) is 0 Å². The Morgan fingerprint density at radius 2 is 1.95 bits per heavy atom. The predicted octanol–water partition coefficient (Wildman–Crippen LogP) is 2.10. The number of benzene rings is 1. The monoisotopic (exact) mass is 622 g/mol. The number of nitrogens with one attached hydrogen (secondary N) is 1. The fourth-order valence-corrected chi connectivity index (χ4v) is 7.77. The van der Waals surface area contributed by atoms with Gasteiger partial charge in [0, 0.05) is 12.0 Å². The third-order valence-electron chi connectivity index (χ3n) is 6.86. The molecular weight excluding hydrogens is 597 g/mol. The maximum Gasteiger partial charge on any atom is 0.340 e. The molecule has 0 aliphatic carbocycles. The molecule has 0 amide bonds. The van der Waals surface area contributed by atoms with Crippen LogP contribution in [-0.2, 0) is 28.9 Å². The molecule has 2 fully saturated rings. The van der Waals surface area contributed by atoms with Crippen molar-refractivity contribution in [2.75, 3.05) is 24.4 Å². The molecule has 1 unspecified atom stereocenters. The van der Waals surface area contributed by atoms with Crippen LogP contribution in [-0.4, -0.2) is 76.4 Å². The van der Waals surface area contributed by atoms with Gasteiger partial charge < -0.3 is 44.2 Å². The highest BCUT2D eigenvalue weighted by atomic mass is 35.5. The lowest BCUT2D eigenvalue weighted by atomic mass is 9.92. The zero-order chi connectivity index (χ0) is 29.1. The van der Waals surface area contributed by atoms with Crippen molar-refractivity contribution >= 4 is 38.1 Å². The first-order valence-electron chi connectivity index (χ1n) is 11.9. The van der Waals surface area contributed by atoms with Crippen LogP contribution in [0.25, 0.3) is 5.52 Å². The van der Waals surface area contributed by atoms with Gasteiger partial charge in [-0.3, -0.25) is 9.13 Å². The van der Waals surface area contributed by atoms with Gasteiger partial charge in [-0.25, -0.2) is 8.91 Å². The van der Waals surface area contributed by atoms with Gasteiger partial charge in [0.25, 0.3) is 0 Å². The van der Waals surface area contributed by atoms with Crippen molar-refractivity contribution in [3.05, 3.63) is 58.8 Å². The number of fused-ring (bicyclic) bond motifs is 3. The molecule has 4 heterocycles. The largest absolute Gasteiger partial charge is 0.387 e. The van der Waals surface area contributed by atoms with E-state index in [0.29, 0.717) is 11.1 Å². The molecule has 1 aromatic carbocycles. The molecule has 6 atom stereocenters. The molecule has 14 nitrogen and oxygen atoms in total. The molecule has 40 heavy (non-hydrogen) atoms. The maximum atomic E-state index is 14.3. The lowest BCUT2D eigenvalue weighted by Crippen LogP contribution is -2.49. The zero-order valence-corrected chi connectivity index (χ0v) is 23.3. The fourth-order valence-electron chi connectivity index (χ4n) is 5.01. The van der Waals surface area contributed by atoms with Gasteiger partial charge in [-0.15, -0.1) is 5.10 Å². The molecule has 0 saturated carbocycles. The molecular formula is C22H26ClFN4O10P2. The van der Waals surface area contributed by atoms with E-state index < -0.39 is 63.2 Å². The molecule has 5 rings (SSSR count). The predicted molar refractivity (Wildman–Crippen MR) is 137 cm³/mol. The van der Waals surface area contributed by atoms with Crippen molar-refractivity contribution in [2.45, 2.75) is 43.0 Å². The number of hydrogen-bond donors (Lipinski definition) is 6. The minimum Gasteiger partial charge on any atom is -0.387 e. The van der Waals surface area contributed by atoms with Crippen molar-refractivity contribution in [1.82, 2.24) is 14.6 Å². The number of hydrogen-bond acceptors (Lipinski definition) is 10. The SMILES string of the molecule is C[C@H](Nc1nc(Cl)nn2c([C@]34OCC[C@](COP(=O)(O)CP(=O)(O)O)(O3)[C@@H](O)[C@H]4O)ccc12)c1ccccc1F. The smallest absolute Gasteiger partial charge is 0.340 e. The number of ether oxygens (including phenoxy) is 2. The third kappa shape index (κ3) is 5.33. The average Bonchev–Trinajstić information content (AvgIpc) is 3.35. The molecule has 2 aliphatic rings. The summed E-state index contributed by atoms with van der Waals surface area (Å²) in [6.07, 6.45) is -3.54. The minimum absolute atomic E-state index is 0.0870. The van der Waals surface area contributed by atoms with Crippen molar-refractivity contribution in [3.63, 3.8) is 0 Å². The van der Waals surface area contributed by atoms with Gasteiger partial charge in [-0.2, -0.15) is 4.98 Å². The second-order valence-corrected chi connectivity index (χ2v) is 14.0. The molecule has 18 heteroatoms. The van der Waals surface area contributed by atoms with E-state index in [4.69, 9.17) is 35.4 Å². The van der Waals surface area contributed by atoms with Crippen LogP contribution < -0.4 is 5.32 Å². The van der Waals surface area contributed by atoms with E-state index in [-0.39, 0.29) is 29.8 Å². The van der Waals surface area contributed by atoms with Crippen LogP contribution in [0, 0.1) is 5.82 Å². The van der Waals surface area contributed by atoms with Crippen LogP contribution in [0.5, 0.6) is 0 Å². The number of halogens is 2. The van der Waals surface area contributed by atoms with Crippen LogP contribution in [0.4, 0.5) is 10.2 Å². The van der Waals surface area contributed by atoms with Gasteiger partial charge in [0.05, 0.1) is 19.3 Å². The molecule has 2 saturated heterocycles. The van der Waals surface area contributed by atoms with Gasteiger partial charge >= 0.3 is 15.2 Å². The quantitative estimate of drug-likeness (QED) is 0.189. The van der Waals surface area contributed by atoms with E-state index in [1.165, 1.54) is 16.6 Å². The van der Waals surface area contributed by atoms with Crippen LogP contribution in [0.2, 0.25) is 5.28 Å². The van der Waals surface area contributed by atoms with E-state index >= 15 is 0 Å². The first kappa shape index (κ1) is 29.5. The van der Waals surface area contributed by atoms with Gasteiger partial charge in [0.15, 0.2) is 11.7 Å². The Hall–Kier alpha value is -2.00. The summed E-state index contributed by atoms with van der Waals surface area (Å²) in [5.74, 6) is -3.68. The van der Waals surface area contributed by atoms with Gasteiger partial charge in [-0.1, -0.05) is 18.2 Å². The van der Waals surface area contributed by atoms with Crippen LogP contribution in [0.3, 0.4) is 0 Å². The van der Waals surface area contributed by atoms with Gasteiger partial charge in [0.2, 0.25) is 11.1 Å². The summed E-state index contributed by atoms with van der Waals surface area (Å²) in [4.78, 5) is 32.3. The number of aliphatic hydroxyl groups is 2. The topological polar surface area (TPSA) is 205 Å². The highest BCUT2D eigenvalue weighted by Crippen LogP contribution is 2.58. The number of aliphatic hydroxyl groups excluding tert-OH is 2. The summed E-state index contributed by atoms with van der Waals surface area (Å²) in [5, 5.41) is 29.2. The fraction of sp³-hybridized carbons (Fsp3) is 0.455. The minimum atomic E-state index is -4.90. The third-order valence-corrected chi connectivity index (χ3v) is 10.5. The maximum absolute atomic E-state index is 14.3. The van der Waals surface area contributed by atoms with Crippen molar-refractivity contribution in [3.8, 4) is 0 Å². The van der Waals surface area contributed by atoms with E-state index in [2.05, 4.69) is 15.4 Å². The highest BCUT2D eigenvalue weighted by molar-refractivity contribution is 7.70. The Labute approximate surface area is 231 Å². The van der Waals surface area contributed by atoms with E-state index in [9.17, 15) is 28.6 Å². The summed E-state index contributed by atoms with van der Waals surface area (Å²) < 4.78 is 55.9. The molecule has 2 aliphatic heterocycles. The summed E-state index contributed by atoms with van der Waals surface area (Å²) >= 11 is 6.20. The number of nitrogens with zero attached hydrogens (tertiary/aromatic N) is 3. The van der Waals surface area contributed by atoms with Crippen LogP contribution >= 0.6 is 26.8 Å². The first-order valence-corrected chi connectivity index (χ1v) is 15.9. The van der Waals surface area contributed by atoms with Gasteiger partial charge in [-0.05, 0) is 36.7 Å². The molecule has 6 N–H and O–H groups in total. The first-order chi connectivity index (χ1) is 18.7. The Kier molecular flexibility index (Phi) is 7.65. The standard InChI is InChI=1S/C22H26ClFN4O10P2/c1-12(13-4-2-3-5-14(13)24)25-19-15-6-7-16(28(15)27-20(23)26-19)22-18(30)17(29)21(38-22,8-9-36-22)10-37-40(34,35)11-39(31,32)33/h2-7,12,17-18,29-30H,8-11H2,1H3,(H,34,35)(H,25,26,27)(H2,31,32,33)/t12-,17-,18+,21+,22-/m0/s1. The number of aromatic nitrogens is 3.